The van der Waals surface area contributed by atoms with E-state index in [-0.39, 0.29) is 13.1 Å². The number of piperidine rings is 2. The smallest absolute Gasteiger partial charge is 0.338 e. The number of fused-ring (bicyclic) bond motifs is 3. The van der Waals surface area contributed by atoms with E-state index in [0.29, 0.717) is 49.5 Å². The SMILES string of the molecule is Cc1nc2ccccc2n1C1C[C@H]2CC[C@@H](C1)N2CCC1(c2cccc(F)c2)CCN(C(=O)c2c(F)ccc(S(=O)(=O)NCC(F)(F)F)c2F)CC1. The van der Waals surface area contributed by atoms with Crippen LogP contribution >= 0.6 is 0 Å². The minimum atomic E-state index is -5.06. The number of aromatic nitrogens is 2. The molecule has 3 atom stereocenters. The van der Waals surface area contributed by atoms with Gasteiger partial charge in [0, 0.05) is 31.2 Å². The van der Waals surface area contributed by atoms with Gasteiger partial charge in [-0.2, -0.15) is 13.2 Å². The van der Waals surface area contributed by atoms with Crippen LogP contribution in [0.3, 0.4) is 0 Å². The number of para-hydroxylation sites is 2. The van der Waals surface area contributed by atoms with Gasteiger partial charge < -0.3 is 9.47 Å². The van der Waals surface area contributed by atoms with Gasteiger partial charge in [-0.05, 0) is 106 Å². The number of sulfonamides is 1. The maximum atomic E-state index is 15.5. The number of likely N-dealkylation sites (tertiary alicyclic amines) is 1. The molecule has 3 aliphatic heterocycles. The second-order valence-electron chi connectivity index (χ2n) is 14.3. The quantitative estimate of drug-likeness (QED) is 0.186. The van der Waals surface area contributed by atoms with Gasteiger partial charge in [0.15, 0.2) is 5.82 Å². The molecule has 8 nitrogen and oxygen atoms in total. The number of hydrogen-bond acceptors (Lipinski definition) is 5. The van der Waals surface area contributed by atoms with Crippen LogP contribution in [0.25, 0.3) is 11.0 Å². The lowest BCUT2D eigenvalue weighted by Crippen LogP contribution is -2.49. The van der Waals surface area contributed by atoms with Gasteiger partial charge >= 0.3 is 6.18 Å². The molecular weight excluding hydrogens is 708 g/mol. The Morgan fingerprint density at radius 3 is 2.31 bits per heavy atom. The topological polar surface area (TPSA) is 87.5 Å². The van der Waals surface area contributed by atoms with Crippen molar-refractivity contribution in [2.75, 3.05) is 26.2 Å². The second-order valence-corrected chi connectivity index (χ2v) is 16.0. The van der Waals surface area contributed by atoms with Gasteiger partial charge in [-0.25, -0.2) is 31.3 Å². The van der Waals surface area contributed by atoms with Crippen molar-refractivity contribution in [2.45, 2.75) is 86.5 Å². The average Bonchev–Trinajstić information content (AvgIpc) is 3.56. The number of nitrogens with zero attached hydrogens (tertiary/aromatic N) is 4. The van der Waals surface area contributed by atoms with Crippen LogP contribution in [-0.4, -0.2) is 78.1 Å². The van der Waals surface area contributed by atoms with E-state index in [1.807, 2.05) is 31.2 Å². The van der Waals surface area contributed by atoms with Crippen molar-refractivity contribution < 1.29 is 39.6 Å². The molecule has 52 heavy (non-hydrogen) atoms. The number of carbonyl (C=O) groups excluding carboxylic acids is 1. The van der Waals surface area contributed by atoms with E-state index in [1.54, 1.807) is 6.07 Å². The normalized spacial score (nSPS) is 22.3. The second kappa shape index (κ2) is 13.8. The van der Waals surface area contributed by atoms with Crippen molar-refractivity contribution in [3.8, 4) is 0 Å². The molecule has 0 radical (unpaired) electrons. The van der Waals surface area contributed by atoms with Gasteiger partial charge in [0.2, 0.25) is 10.0 Å². The van der Waals surface area contributed by atoms with Crippen molar-refractivity contribution in [1.82, 2.24) is 24.1 Å². The third kappa shape index (κ3) is 6.94. The third-order valence-corrected chi connectivity index (χ3v) is 12.7. The summed E-state index contributed by atoms with van der Waals surface area (Å²) in [6.45, 7) is 0.902. The van der Waals surface area contributed by atoms with Crippen molar-refractivity contribution in [3.63, 3.8) is 0 Å². The van der Waals surface area contributed by atoms with Crippen molar-refractivity contribution in [3.05, 3.63) is 95.1 Å². The first kappa shape index (κ1) is 36.4. The highest BCUT2D eigenvalue weighted by molar-refractivity contribution is 7.89. The number of aryl methyl sites for hydroxylation is 1. The summed E-state index contributed by atoms with van der Waals surface area (Å²) in [6, 6.07) is 16.6. The fourth-order valence-electron chi connectivity index (χ4n) is 8.78. The summed E-state index contributed by atoms with van der Waals surface area (Å²) >= 11 is 0. The number of halogens is 6. The Morgan fingerprint density at radius 1 is 0.942 bits per heavy atom. The Bertz CT molecular complexity index is 2080. The fourth-order valence-corrected chi connectivity index (χ4v) is 9.87. The van der Waals surface area contributed by atoms with E-state index in [9.17, 15) is 35.2 Å². The Hall–Kier alpha value is -3.95. The molecule has 0 saturated carbocycles. The lowest BCUT2D eigenvalue weighted by molar-refractivity contribution is -0.121. The summed E-state index contributed by atoms with van der Waals surface area (Å²) < 4.78 is 112. The summed E-state index contributed by atoms with van der Waals surface area (Å²) in [7, 11) is -5.06. The summed E-state index contributed by atoms with van der Waals surface area (Å²) in [6.07, 6.45) is 0.527. The van der Waals surface area contributed by atoms with Crippen LogP contribution in [0.4, 0.5) is 26.3 Å². The number of benzene rings is 3. The van der Waals surface area contributed by atoms with Gasteiger partial charge in [0.25, 0.3) is 5.91 Å². The molecule has 2 bridgehead atoms. The summed E-state index contributed by atoms with van der Waals surface area (Å²) in [5.41, 5.74) is 1.17. The predicted molar refractivity (Wildman–Crippen MR) is 182 cm³/mol. The number of nitrogens with one attached hydrogen (secondary N) is 1. The first-order valence-corrected chi connectivity index (χ1v) is 18.9. The molecular formula is C37H39F6N5O3S. The third-order valence-electron chi connectivity index (χ3n) is 11.3. The van der Waals surface area contributed by atoms with E-state index in [0.717, 1.165) is 54.6 Å². The van der Waals surface area contributed by atoms with Crippen LogP contribution in [0.1, 0.15) is 72.7 Å². The van der Waals surface area contributed by atoms with Gasteiger partial charge in [-0.1, -0.05) is 24.3 Å². The highest BCUT2D eigenvalue weighted by Crippen LogP contribution is 2.45. The van der Waals surface area contributed by atoms with Crippen molar-refractivity contribution in [1.29, 1.82) is 0 Å². The van der Waals surface area contributed by atoms with E-state index < -0.39 is 62.0 Å². The van der Waals surface area contributed by atoms with Crippen LogP contribution in [-0.2, 0) is 15.4 Å². The van der Waals surface area contributed by atoms with Gasteiger partial charge in [-0.15, -0.1) is 0 Å². The van der Waals surface area contributed by atoms with Gasteiger partial charge in [-0.3, -0.25) is 9.69 Å². The molecule has 3 saturated heterocycles. The Kier molecular flexibility index (Phi) is 9.66. The minimum Gasteiger partial charge on any atom is -0.338 e. The zero-order chi connectivity index (χ0) is 37.0. The lowest BCUT2D eigenvalue weighted by atomic mass is 9.70. The van der Waals surface area contributed by atoms with Crippen LogP contribution in [0.5, 0.6) is 0 Å². The van der Waals surface area contributed by atoms with Gasteiger partial charge in [0.1, 0.15) is 34.5 Å². The first-order chi connectivity index (χ1) is 24.7. The van der Waals surface area contributed by atoms with Crippen LogP contribution in [0.2, 0.25) is 0 Å². The molecule has 1 aromatic heterocycles. The number of hydrogen-bond donors (Lipinski definition) is 1. The Morgan fingerprint density at radius 2 is 1.63 bits per heavy atom. The van der Waals surface area contributed by atoms with Crippen LogP contribution in [0, 0.1) is 24.4 Å². The largest absolute Gasteiger partial charge is 0.402 e. The van der Waals surface area contributed by atoms with E-state index in [2.05, 4.69) is 15.5 Å². The highest BCUT2D eigenvalue weighted by Gasteiger charge is 2.45. The zero-order valence-electron chi connectivity index (χ0n) is 28.5. The van der Waals surface area contributed by atoms with Crippen molar-refractivity contribution >= 4 is 27.0 Å². The molecule has 4 heterocycles. The maximum absolute atomic E-state index is 15.5. The van der Waals surface area contributed by atoms with E-state index >= 15 is 4.39 Å². The molecule has 0 spiro atoms. The average molecular weight is 748 g/mol. The molecule has 278 valence electrons. The summed E-state index contributed by atoms with van der Waals surface area (Å²) in [4.78, 5) is 20.8. The first-order valence-electron chi connectivity index (χ1n) is 17.4. The van der Waals surface area contributed by atoms with Crippen LogP contribution < -0.4 is 4.72 Å². The summed E-state index contributed by atoms with van der Waals surface area (Å²) in [5, 5.41) is 0. The number of amides is 1. The molecule has 1 N–H and O–H groups in total. The summed E-state index contributed by atoms with van der Waals surface area (Å²) in [5.74, 6) is -3.62. The Labute approximate surface area is 297 Å². The molecule has 1 unspecified atom stereocenters. The molecule has 15 heteroatoms. The number of imidazole rings is 1. The predicted octanol–water partition coefficient (Wildman–Crippen LogP) is 7.03. The maximum Gasteiger partial charge on any atom is 0.402 e. The lowest BCUT2D eigenvalue weighted by Gasteiger charge is -2.45. The number of alkyl halides is 3. The molecule has 0 aliphatic carbocycles. The van der Waals surface area contributed by atoms with Gasteiger partial charge in [0.05, 0.1) is 11.0 Å². The van der Waals surface area contributed by atoms with Crippen molar-refractivity contribution in [2.24, 2.45) is 0 Å². The van der Waals surface area contributed by atoms with Crippen LogP contribution in [0.15, 0.2) is 65.6 Å². The minimum absolute atomic E-state index is 0.0411. The van der Waals surface area contributed by atoms with E-state index in [1.165, 1.54) is 21.8 Å². The Balaban J connectivity index is 1.08. The molecule has 1 amide bonds. The monoisotopic (exact) mass is 747 g/mol. The number of carbonyl (C=O) groups is 1. The molecule has 7 rings (SSSR count). The van der Waals surface area contributed by atoms with E-state index in [4.69, 9.17) is 4.98 Å². The highest BCUT2D eigenvalue weighted by atomic mass is 32.2. The molecule has 3 aromatic carbocycles. The molecule has 3 fully saturated rings. The zero-order valence-corrected chi connectivity index (χ0v) is 29.3. The molecule has 3 aliphatic rings. The number of rotatable bonds is 9. The standard InChI is InChI=1S/C37H39F6N5O3S/c1-23-45-30-7-2-3-8-31(30)48(23)28-20-26-9-10-27(21-28)47(26)18-15-36(24-5-4-6-25(38)19-24)13-16-46(17-14-36)35(49)33-29(39)11-12-32(34(33)40)52(50,51)44-22-37(41,42)43/h2-8,11-12,19,26-28,44H,9-10,13-18,20-22H2,1H3/t26-,27+,28?. The fraction of sp³-hybridized carbons (Fsp3) is 0.459. The molecule has 4 aromatic rings.